The van der Waals surface area contributed by atoms with E-state index in [0.717, 1.165) is 6.08 Å². The molecule has 0 heterocycles. The lowest BCUT2D eigenvalue weighted by Gasteiger charge is -2.11. The van der Waals surface area contributed by atoms with Gasteiger partial charge in [0.2, 0.25) is 5.91 Å². The van der Waals surface area contributed by atoms with E-state index >= 15 is 0 Å². The third-order valence-electron chi connectivity index (χ3n) is 3.31. The zero-order valence-electron chi connectivity index (χ0n) is 15.1. The van der Waals surface area contributed by atoms with E-state index in [1.165, 1.54) is 36.4 Å². The van der Waals surface area contributed by atoms with Crippen LogP contribution in [0.4, 0.5) is 5.69 Å². The fourth-order valence-corrected chi connectivity index (χ4v) is 2.61. The van der Waals surface area contributed by atoms with Crippen molar-refractivity contribution in [1.29, 1.82) is 0 Å². The first-order valence-corrected chi connectivity index (χ1v) is 9.31. The third kappa shape index (κ3) is 7.66. The van der Waals surface area contributed by atoms with Crippen molar-refractivity contribution in [3.8, 4) is 5.75 Å². The van der Waals surface area contributed by atoms with Crippen LogP contribution in [0.1, 0.15) is 5.56 Å². The van der Waals surface area contributed by atoms with E-state index in [1.807, 2.05) is 0 Å². The van der Waals surface area contributed by atoms with Crippen molar-refractivity contribution in [3.05, 3.63) is 74.3 Å². The third-order valence-corrected chi connectivity index (χ3v) is 4.05. The number of hydrazine groups is 1. The quantitative estimate of drug-likeness (QED) is 0.257. The van der Waals surface area contributed by atoms with Crippen LogP contribution in [-0.2, 0) is 9.59 Å². The minimum Gasteiger partial charge on any atom is -0.482 e. The Bertz CT molecular complexity index is 1020. The average molecular weight is 469 g/mol. The zero-order chi connectivity index (χ0) is 22.1. The monoisotopic (exact) mass is 468 g/mol. The molecule has 0 unspecified atom stereocenters. The van der Waals surface area contributed by atoms with Gasteiger partial charge in [-0.2, -0.15) is 0 Å². The SMILES string of the molecule is O=C(/C=C/c1cccc([N+](=O)[O-])c1)NC(=S)NNC(=O)COc1ccc(Cl)cc1Cl. The maximum Gasteiger partial charge on any atom is 0.276 e. The van der Waals surface area contributed by atoms with Crippen LogP contribution in [0.25, 0.3) is 6.08 Å². The highest BCUT2D eigenvalue weighted by molar-refractivity contribution is 7.80. The molecule has 0 aliphatic rings. The number of ether oxygens (including phenoxy) is 1. The Hall–Kier alpha value is -3.21. The van der Waals surface area contributed by atoms with Crippen LogP contribution in [-0.4, -0.2) is 28.5 Å². The summed E-state index contributed by atoms with van der Waals surface area (Å²) < 4.78 is 5.25. The number of hydrogen-bond donors (Lipinski definition) is 3. The van der Waals surface area contributed by atoms with Gasteiger partial charge in [0.15, 0.2) is 11.7 Å². The Morgan fingerprint density at radius 1 is 1.17 bits per heavy atom. The maximum atomic E-state index is 11.8. The fraction of sp³-hybridized carbons (Fsp3) is 0.0556. The number of non-ortho nitro benzene ring substituents is 1. The molecule has 0 aliphatic heterocycles. The van der Waals surface area contributed by atoms with Gasteiger partial charge in [0, 0.05) is 23.2 Å². The van der Waals surface area contributed by atoms with Gasteiger partial charge >= 0.3 is 0 Å². The Kier molecular flexibility index (Phi) is 8.54. The van der Waals surface area contributed by atoms with E-state index in [2.05, 4.69) is 16.2 Å². The first-order valence-electron chi connectivity index (χ1n) is 8.15. The second kappa shape index (κ2) is 11.1. The molecule has 12 heteroatoms. The average Bonchev–Trinajstić information content (AvgIpc) is 2.70. The second-order valence-corrected chi connectivity index (χ2v) is 6.79. The number of hydrogen-bond acceptors (Lipinski definition) is 6. The van der Waals surface area contributed by atoms with E-state index in [9.17, 15) is 19.7 Å². The predicted molar refractivity (Wildman–Crippen MR) is 116 cm³/mol. The summed E-state index contributed by atoms with van der Waals surface area (Å²) in [6.07, 6.45) is 2.52. The highest BCUT2D eigenvalue weighted by Gasteiger charge is 2.08. The molecule has 0 fully saturated rings. The summed E-state index contributed by atoms with van der Waals surface area (Å²) in [6.45, 7) is -0.363. The van der Waals surface area contributed by atoms with E-state index in [4.69, 9.17) is 40.2 Å². The smallest absolute Gasteiger partial charge is 0.276 e. The van der Waals surface area contributed by atoms with Crippen LogP contribution in [0.3, 0.4) is 0 Å². The van der Waals surface area contributed by atoms with Crippen molar-refractivity contribution >= 4 is 64.1 Å². The van der Waals surface area contributed by atoms with Gasteiger partial charge in [-0.15, -0.1) is 0 Å². The molecule has 0 radical (unpaired) electrons. The molecular formula is C18H14Cl2N4O5S. The van der Waals surface area contributed by atoms with Crippen LogP contribution < -0.4 is 20.9 Å². The van der Waals surface area contributed by atoms with Crippen molar-refractivity contribution in [2.75, 3.05) is 6.61 Å². The van der Waals surface area contributed by atoms with Crippen molar-refractivity contribution in [2.45, 2.75) is 0 Å². The standard InChI is InChI=1S/C18H14Cl2N4O5S/c19-12-5-6-15(14(20)9-12)29-10-17(26)22-23-18(30)21-16(25)7-4-11-2-1-3-13(8-11)24(27)28/h1-9H,10H2,(H,22,26)(H2,21,23,25,30)/b7-4+. The van der Waals surface area contributed by atoms with Crippen LogP contribution in [0.2, 0.25) is 10.0 Å². The number of nitrogens with zero attached hydrogens (tertiary/aromatic N) is 1. The minimum atomic E-state index is -0.600. The van der Waals surface area contributed by atoms with Crippen LogP contribution >= 0.6 is 35.4 Å². The van der Waals surface area contributed by atoms with Gasteiger partial charge in [-0.3, -0.25) is 35.9 Å². The van der Waals surface area contributed by atoms with Crippen molar-refractivity contribution < 1.29 is 19.2 Å². The van der Waals surface area contributed by atoms with Gasteiger partial charge in [0.05, 0.1) is 9.95 Å². The number of thiocarbonyl (C=S) groups is 1. The summed E-state index contributed by atoms with van der Waals surface area (Å²) >= 11 is 16.6. The molecule has 156 valence electrons. The molecule has 0 atom stereocenters. The molecule has 2 amide bonds. The number of nitro groups is 1. The number of carbonyl (C=O) groups is 2. The number of nitro benzene ring substituents is 1. The van der Waals surface area contributed by atoms with E-state index < -0.39 is 16.7 Å². The van der Waals surface area contributed by atoms with E-state index in [1.54, 1.807) is 12.1 Å². The lowest BCUT2D eigenvalue weighted by atomic mass is 10.2. The van der Waals surface area contributed by atoms with Gasteiger partial charge in [0.1, 0.15) is 5.75 Å². The van der Waals surface area contributed by atoms with Gasteiger partial charge in [-0.25, -0.2) is 0 Å². The normalized spacial score (nSPS) is 10.3. The van der Waals surface area contributed by atoms with Crippen molar-refractivity contribution in [2.24, 2.45) is 0 Å². The second-order valence-electron chi connectivity index (χ2n) is 5.54. The molecular weight excluding hydrogens is 455 g/mol. The number of nitrogens with one attached hydrogen (secondary N) is 3. The Morgan fingerprint density at radius 3 is 2.63 bits per heavy atom. The lowest BCUT2D eigenvalue weighted by Crippen LogP contribution is -2.49. The predicted octanol–water partition coefficient (Wildman–Crippen LogP) is 3.02. The molecule has 0 bridgehead atoms. The van der Waals surface area contributed by atoms with Gasteiger partial charge < -0.3 is 4.74 Å². The van der Waals surface area contributed by atoms with Gasteiger partial charge in [-0.1, -0.05) is 35.3 Å². The molecule has 2 aromatic carbocycles. The number of rotatable bonds is 6. The number of amides is 2. The Labute approximate surface area is 186 Å². The Balaban J connectivity index is 1.75. The minimum absolute atomic E-state index is 0.0976. The van der Waals surface area contributed by atoms with Crippen molar-refractivity contribution in [1.82, 2.24) is 16.2 Å². The molecule has 0 aromatic heterocycles. The summed E-state index contributed by atoms with van der Waals surface area (Å²) in [5, 5.41) is 13.6. The van der Waals surface area contributed by atoms with Crippen LogP contribution in [0.5, 0.6) is 5.75 Å². The van der Waals surface area contributed by atoms with Crippen molar-refractivity contribution in [3.63, 3.8) is 0 Å². The molecule has 2 aromatic rings. The summed E-state index contributed by atoms with van der Waals surface area (Å²) in [4.78, 5) is 33.8. The summed E-state index contributed by atoms with van der Waals surface area (Å²) in [7, 11) is 0. The van der Waals surface area contributed by atoms with Gasteiger partial charge in [0.25, 0.3) is 11.6 Å². The maximum absolute atomic E-state index is 11.8. The number of halogens is 2. The molecule has 0 aliphatic carbocycles. The summed E-state index contributed by atoms with van der Waals surface area (Å²) in [5.41, 5.74) is 4.95. The Morgan fingerprint density at radius 2 is 1.93 bits per heavy atom. The fourth-order valence-electron chi connectivity index (χ4n) is 2.00. The number of benzene rings is 2. The molecule has 9 nitrogen and oxygen atoms in total. The van der Waals surface area contributed by atoms with E-state index in [0.29, 0.717) is 10.6 Å². The largest absolute Gasteiger partial charge is 0.482 e. The highest BCUT2D eigenvalue weighted by atomic mass is 35.5. The number of carbonyl (C=O) groups excluding carboxylic acids is 2. The molecule has 30 heavy (non-hydrogen) atoms. The topological polar surface area (TPSA) is 123 Å². The summed E-state index contributed by atoms with van der Waals surface area (Å²) in [5.74, 6) is -0.902. The molecule has 0 spiro atoms. The first-order chi connectivity index (χ1) is 14.2. The highest BCUT2D eigenvalue weighted by Crippen LogP contribution is 2.27. The molecule has 0 saturated heterocycles. The summed E-state index contributed by atoms with van der Waals surface area (Å²) in [6, 6.07) is 10.3. The molecule has 2 rings (SSSR count). The van der Waals surface area contributed by atoms with Crippen LogP contribution in [0, 0.1) is 10.1 Å². The van der Waals surface area contributed by atoms with Gasteiger partial charge in [-0.05, 0) is 42.1 Å². The lowest BCUT2D eigenvalue weighted by molar-refractivity contribution is -0.384. The molecule has 0 saturated carbocycles. The first kappa shape index (κ1) is 23.1. The van der Waals surface area contributed by atoms with Crippen LogP contribution in [0.15, 0.2) is 48.5 Å². The zero-order valence-corrected chi connectivity index (χ0v) is 17.4. The molecule has 3 N–H and O–H groups in total. The van der Waals surface area contributed by atoms with E-state index in [-0.39, 0.29) is 28.2 Å².